The highest BCUT2D eigenvalue weighted by Gasteiger charge is 2.71. The SMILES string of the molecule is CCNC(=O)C(=O)[C@@]1(NC(=O)[C@@H]2[C@@H]3[C@H](CN2C(=O)[C@@H](NC(=O)NC2(CS(=O)(=O)C(C)(C)C)CCCCC2)C2CCCCC2)C3(C)C)C[C@@H]1CC. The predicted octanol–water partition coefficient (Wildman–Crippen LogP) is 3.62. The minimum Gasteiger partial charge on any atom is -0.350 e. The molecule has 12 nitrogen and oxygen atoms in total. The molecule has 0 aromatic rings. The second-order valence-electron chi connectivity index (χ2n) is 17.5. The van der Waals surface area contributed by atoms with Gasteiger partial charge in [0.25, 0.3) is 5.91 Å². The quantitative estimate of drug-likeness (QED) is 0.223. The fourth-order valence-corrected chi connectivity index (χ4v) is 10.9. The topological polar surface area (TPSA) is 171 Å². The van der Waals surface area contributed by atoms with E-state index in [1.165, 1.54) is 0 Å². The number of nitrogens with one attached hydrogen (secondary N) is 4. The number of amides is 5. The van der Waals surface area contributed by atoms with Crippen LogP contribution in [0.2, 0.25) is 0 Å². The van der Waals surface area contributed by atoms with Crippen molar-refractivity contribution in [2.24, 2.45) is 29.1 Å². The maximum Gasteiger partial charge on any atom is 0.315 e. The number of Topliss-reactive ketones (excluding diaryl/α,β-unsaturated/α-hetero) is 1. The van der Waals surface area contributed by atoms with Crippen molar-refractivity contribution in [3.63, 3.8) is 0 Å². The minimum absolute atomic E-state index is 0.0901. The van der Waals surface area contributed by atoms with Crippen LogP contribution in [0.1, 0.15) is 126 Å². The smallest absolute Gasteiger partial charge is 0.315 e. The molecule has 0 aromatic carbocycles. The summed E-state index contributed by atoms with van der Waals surface area (Å²) in [6, 6.07) is -2.28. The number of nitrogens with zero attached hydrogens (tertiary/aromatic N) is 1. The maximum absolute atomic E-state index is 14.7. The standard InChI is InChI=1S/C37H61N5O7S/c1-8-24-20-37(24,29(43)31(45)38-9-2)40-30(44)28-26-25(35(26,6)7)21-42(28)32(46)27(23-16-12-10-13-17-23)39-33(47)41-36(18-14-11-15-19-36)22-50(48,49)34(3,4)5/h23-28H,8-22H2,1-7H3,(H,38,45)(H,40,44)(H2,39,41,47)/t24-,25-,26-,27-,28-,37+/m0/s1. The van der Waals surface area contributed by atoms with E-state index in [4.69, 9.17) is 0 Å². The Bertz CT molecular complexity index is 1460. The van der Waals surface area contributed by atoms with Crippen molar-refractivity contribution < 1.29 is 32.4 Å². The third-order valence-electron chi connectivity index (χ3n) is 12.9. The normalized spacial score (nSPS) is 30.7. The van der Waals surface area contributed by atoms with Crippen LogP contribution in [0, 0.1) is 29.1 Å². The molecule has 0 aromatic heterocycles. The number of hydrogen-bond acceptors (Lipinski definition) is 7. The van der Waals surface area contributed by atoms with Gasteiger partial charge in [0.05, 0.1) is 16.0 Å². The van der Waals surface area contributed by atoms with Crippen LogP contribution in [-0.4, -0.2) is 89.6 Å². The van der Waals surface area contributed by atoms with E-state index in [9.17, 15) is 32.4 Å². The van der Waals surface area contributed by atoms with Crippen molar-refractivity contribution >= 4 is 39.4 Å². The number of urea groups is 1. The molecule has 13 heteroatoms. The van der Waals surface area contributed by atoms with Gasteiger partial charge < -0.3 is 26.2 Å². The van der Waals surface area contributed by atoms with E-state index in [1.54, 1.807) is 32.6 Å². The molecule has 5 fully saturated rings. The van der Waals surface area contributed by atoms with Crippen LogP contribution in [0.25, 0.3) is 0 Å². The summed E-state index contributed by atoms with van der Waals surface area (Å²) in [6.45, 7) is 13.5. The second kappa shape index (κ2) is 14.0. The summed E-state index contributed by atoms with van der Waals surface area (Å²) in [5.74, 6) is -2.59. The van der Waals surface area contributed by atoms with Gasteiger partial charge in [-0.3, -0.25) is 19.2 Å². The Morgan fingerprint density at radius 3 is 2.08 bits per heavy atom. The van der Waals surface area contributed by atoms with Crippen LogP contribution >= 0.6 is 0 Å². The molecule has 1 heterocycles. The molecular formula is C37H61N5O7S. The van der Waals surface area contributed by atoms with Gasteiger partial charge in [-0.05, 0) is 88.9 Å². The van der Waals surface area contributed by atoms with Crippen molar-refractivity contribution in [3.8, 4) is 0 Å². The first kappa shape index (κ1) is 38.5. The second-order valence-corrected chi connectivity index (χ2v) is 20.3. The zero-order valence-corrected chi connectivity index (χ0v) is 32.1. The van der Waals surface area contributed by atoms with Crippen LogP contribution < -0.4 is 21.3 Å². The molecule has 5 aliphatic rings. The fourth-order valence-electron chi connectivity index (χ4n) is 9.42. The lowest BCUT2D eigenvalue weighted by Gasteiger charge is -2.41. The fraction of sp³-hybridized carbons (Fsp3) is 0.865. The van der Waals surface area contributed by atoms with Crippen LogP contribution in [0.5, 0.6) is 0 Å². The summed E-state index contributed by atoms with van der Waals surface area (Å²) in [5.41, 5.74) is -2.39. The highest BCUT2D eigenvalue weighted by Crippen LogP contribution is 2.65. The molecule has 1 aliphatic heterocycles. The molecule has 0 bridgehead atoms. The number of piperidine rings is 1. The van der Waals surface area contributed by atoms with E-state index in [0.29, 0.717) is 38.8 Å². The van der Waals surface area contributed by atoms with Gasteiger partial charge in [-0.1, -0.05) is 65.7 Å². The Balaban J connectivity index is 1.39. The first-order valence-electron chi connectivity index (χ1n) is 19.1. The van der Waals surface area contributed by atoms with Crippen molar-refractivity contribution in [3.05, 3.63) is 0 Å². The summed E-state index contributed by atoms with van der Waals surface area (Å²) in [4.78, 5) is 70.5. The molecule has 282 valence electrons. The van der Waals surface area contributed by atoms with E-state index in [2.05, 4.69) is 35.1 Å². The number of rotatable bonds is 12. The van der Waals surface area contributed by atoms with Crippen molar-refractivity contribution in [2.45, 2.75) is 153 Å². The Morgan fingerprint density at radius 2 is 1.52 bits per heavy atom. The summed E-state index contributed by atoms with van der Waals surface area (Å²) < 4.78 is 25.8. The van der Waals surface area contributed by atoms with Gasteiger partial charge in [0.2, 0.25) is 17.6 Å². The minimum atomic E-state index is -3.55. The molecule has 4 saturated carbocycles. The van der Waals surface area contributed by atoms with Crippen molar-refractivity contribution in [1.29, 1.82) is 0 Å². The molecule has 4 aliphatic carbocycles. The Labute approximate surface area is 298 Å². The van der Waals surface area contributed by atoms with Crippen LogP contribution in [-0.2, 0) is 29.0 Å². The highest BCUT2D eigenvalue weighted by atomic mass is 32.2. The zero-order valence-electron chi connectivity index (χ0n) is 31.3. The van der Waals surface area contributed by atoms with Gasteiger partial charge in [-0.2, -0.15) is 0 Å². The van der Waals surface area contributed by atoms with E-state index < -0.39 is 61.4 Å². The summed E-state index contributed by atoms with van der Waals surface area (Å²) in [5, 5.41) is 11.6. The third-order valence-corrected chi connectivity index (χ3v) is 15.7. The van der Waals surface area contributed by atoms with E-state index in [1.807, 2.05) is 6.92 Å². The van der Waals surface area contributed by atoms with Crippen LogP contribution in [0.15, 0.2) is 0 Å². The number of likely N-dealkylation sites (tertiary alicyclic amines) is 1. The average Bonchev–Trinajstić information content (AvgIpc) is 3.80. The number of sulfone groups is 1. The lowest BCUT2D eigenvalue weighted by molar-refractivity contribution is -0.145. The van der Waals surface area contributed by atoms with E-state index >= 15 is 0 Å². The molecule has 50 heavy (non-hydrogen) atoms. The first-order chi connectivity index (χ1) is 23.3. The van der Waals surface area contributed by atoms with E-state index in [0.717, 1.165) is 51.4 Å². The number of likely N-dealkylation sites (N-methyl/N-ethyl adjacent to an activating group) is 1. The number of carbonyl (C=O) groups excluding carboxylic acids is 5. The Kier molecular flexibility index (Phi) is 10.8. The third kappa shape index (κ3) is 7.31. The highest BCUT2D eigenvalue weighted by molar-refractivity contribution is 7.92. The molecule has 5 rings (SSSR count). The largest absolute Gasteiger partial charge is 0.350 e. The predicted molar refractivity (Wildman–Crippen MR) is 191 cm³/mol. The van der Waals surface area contributed by atoms with Gasteiger partial charge in [0, 0.05) is 13.1 Å². The van der Waals surface area contributed by atoms with Crippen LogP contribution in [0.3, 0.4) is 0 Å². The number of ketones is 1. The molecule has 0 radical (unpaired) electrons. The van der Waals surface area contributed by atoms with Crippen molar-refractivity contribution in [1.82, 2.24) is 26.2 Å². The molecular weight excluding hydrogens is 659 g/mol. The molecule has 6 atom stereocenters. The summed E-state index contributed by atoms with van der Waals surface area (Å²) in [6.07, 6.45) is 9.07. The molecule has 0 spiro atoms. The monoisotopic (exact) mass is 719 g/mol. The van der Waals surface area contributed by atoms with Gasteiger partial charge in [-0.15, -0.1) is 0 Å². The zero-order chi connectivity index (χ0) is 36.9. The van der Waals surface area contributed by atoms with E-state index in [-0.39, 0.29) is 40.7 Å². The Morgan fingerprint density at radius 1 is 0.900 bits per heavy atom. The van der Waals surface area contributed by atoms with Crippen LogP contribution in [0.4, 0.5) is 4.79 Å². The Hall–Kier alpha value is -2.70. The molecule has 4 N–H and O–H groups in total. The number of hydrogen-bond donors (Lipinski definition) is 4. The molecule has 5 amide bonds. The molecule has 1 saturated heterocycles. The average molecular weight is 720 g/mol. The summed E-state index contributed by atoms with van der Waals surface area (Å²) in [7, 11) is -3.55. The molecule has 0 unspecified atom stereocenters. The lowest BCUT2D eigenvalue weighted by Crippen LogP contribution is -2.63. The van der Waals surface area contributed by atoms with Crippen molar-refractivity contribution in [2.75, 3.05) is 18.8 Å². The number of carbonyl (C=O) groups is 5. The lowest BCUT2D eigenvalue weighted by atomic mass is 9.82. The van der Waals surface area contributed by atoms with Gasteiger partial charge in [-0.25, -0.2) is 13.2 Å². The first-order valence-corrected chi connectivity index (χ1v) is 20.8. The summed E-state index contributed by atoms with van der Waals surface area (Å²) >= 11 is 0. The number of fused-ring (bicyclic) bond motifs is 1. The maximum atomic E-state index is 14.7. The van der Waals surface area contributed by atoms with Gasteiger partial charge >= 0.3 is 6.03 Å². The van der Waals surface area contributed by atoms with Gasteiger partial charge in [0.1, 0.15) is 17.6 Å². The van der Waals surface area contributed by atoms with Gasteiger partial charge in [0.15, 0.2) is 9.84 Å².